The number of alkyl halides is 6. The van der Waals surface area contributed by atoms with Crippen LogP contribution in [0.1, 0.15) is 11.6 Å². The van der Waals surface area contributed by atoms with E-state index in [0.717, 1.165) is 24.3 Å². The Balaban J connectivity index is 2.83. The van der Waals surface area contributed by atoms with E-state index < -0.39 is 42.0 Å². The van der Waals surface area contributed by atoms with Gasteiger partial charge in [0.1, 0.15) is 6.04 Å². The van der Waals surface area contributed by atoms with E-state index in [2.05, 4.69) is 0 Å². The number of halogens is 6. The molecule has 0 saturated heterocycles. The summed E-state index contributed by atoms with van der Waals surface area (Å²) in [5, 5.41) is 10.7. The highest BCUT2D eigenvalue weighted by Gasteiger charge is 2.31. The van der Waals surface area contributed by atoms with Gasteiger partial charge in [-0.05, 0) is 29.5 Å². The van der Waals surface area contributed by atoms with Crippen molar-refractivity contribution in [2.24, 2.45) is 0 Å². The number of thioether (sulfide) groups is 1. The third kappa shape index (κ3) is 6.71. The van der Waals surface area contributed by atoms with Crippen LogP contribution >= 0.6 is 11.8 Å². The van der Waals surface area contributed by atoms with Crippen LogP contribution in [0.4, 0.5) is 26.3 Å². The lowest BCUT2D eigenvalue weighted by Gasteiger charge is -2.16. The number of hydrogen-bond acceptors (Lipinski definition) is 3. The first-order valence-electron chi connectivity index (χ1n) is 5.36. The van der Waals surface area contributed by atoms with Gasteiger partial charge < -0.3 is 5.11 Å². The molecule has 1 rings (SSSR count). The molecule has 1 aromatic carbocycles. The van der Waals surface area contributed by atoms with Crippen LogP contribution in [0.3, 0.4) is 0 Å². The fourth-order valence-corrected chi connectivity index (χ4v) is 1.97. The molecule has 0 fully saturated rings. The molecule has 0 amide bonds. The maximum atomic E-state index is 12.1. The van der Waals surface area contributed by atoms with E-state index in [1.807, 2.05) is 0 Å². The van der Waals surface area contributed by atoms with Crippen molar-refractivity contribution >= 4 is 17.7 Å². The molecule has 21 heavy (non-hydrogen) atoms. The second kappa shape index (κ2) is 6.56. The highest BCUT2D eigenvalue weighted by molar-refractivity contribution is 8.00. The van der Waals surface area contributed by atoms with Gasteiger partial charge in [0, 0.05) is 4.90 Å². The number of carboxylic acid groups (broad SMARTS) is 1. The monoisotopic (exact) mass is 333 g/mol. The van der Waals surface area contributed by atoms with Crippen LogP contribution < -0.4 is 5.32 Å². The zero-order chi connectivity index (χ0) is 16.3. The normalized spacial score (nSPS) is 14.0. The summed E-state index contributed by atoms with van der Waals surface area (Å²) in [5.74, 6) is -1.56. The van der Waals surface area contributed by atoms with Crippen LogP contribution in [0.25, 0.3) is 0 Å². The fourth-order valence-electron chi connectivity index (χ4n) is 1.43. The molecule has 0 saturated carbocycles. The van der Waals surface area contributed by atoms with Crippen LogP contribution in [0, 0.1) is 0 Å². The molecule has 1 aromatic rings. The Kier molecular flexibility index (Phi) is 5.51. The molecule has 1 atom stereocenters. The van der Waals surface area contributed by atoms with Crippen molar-refractivity contribution in [3.63, 3.8) is 0 Å². The van der Waals surface area contributed by atoms with E-state index in [4.69, 9.17) is 5.11 Å². The van der Waals surface area contributed by atoms with Crippen molar-refractivity contribution in [2.75, 3.05) is 6.54 Å². The Bertz CT molecular complexity index is 485. The molecule has 10 heteroatoms. The molecule has 0 aliphatic rings. The Hall–Kier alpha value is -1.42. The van der Waals surface area contributed by atoms with Crippen molar-refractivity contribution < 1.29 is 36.2 Å². The first-order chi connectivity index (χ1) is 9.48. The van der Waals surface area contributed by atoms with Crippen molar-refractivity contribution in [2.45, 2.75) is 22.6 Å². The quantitative estimate of drug-likeness (QED) is 0.639. The Morgan fingerprint density at radius 2 is 1.67 bits per heavy atom. The molecule has 0 radical (unpaired) electrons. The van der Waals surface area contributed by atoms with Crippen molar-refractivity contribution in [3.05, 3.63) is 29.8 Å². The van der Waals surface area contributed by atoms with Crippen molar-refractivity contribution in [3.8, 4) is 0 Å². The van der Waals surface area contributed by atoms with E-state index in [0.29, 0.717) is 0 Å². The molecule has 0 bridgehead atoms. The molecule has 0 heterocycles. The molecule has 2 N–H and O–H groups in total. The minimum Gasteiger partial charge on any atom is -0.480 e. The van der Waals surface area contributed by atoms with Gasteiger partial charge in [0.05, 0.1) is 6.54 Å². The van der Waals surface area contributed by atoms with Crippen LogP contribution in [-0.4, -0.2) is 29.3 Å². The fraction of sp³-hybridized carbons (Fsp3) is 0.364. The van der Waals surface area contributed by atoms with Crippen LogP contribution in [0.2, 0.25) is 0 Å². The number of nitrogens with one attached hydrogen (secondary N) is 1. The lowest BCUT2D eigenvalue weighted by molar-refractivity contribution is -0.143. The van der Waals surface area contributed by atoms with E-state index in [-0.39, 0.29) is 10.5 Å². The standard InChI is InChI=1S/C11H9F6NO2S/c12-10(13,14)5-18-8(9(19)20)6-1-3-7(4-2-6)21-11(15,16)17/h1-4,8,18H,5H2,(H,19,20). The summed E-state index contributed by atoms with van der Waals surface area (Å²) in [6.45, 7) is -1.52. The van der Waals surface area contributed by atoms with Crippen LogP contribution in [0.15, 0.2) is 29.2 Å². The summed E-state index contributed by atoms with van der Waals surface area (Å²) in [6.07, 6.45) is -4.60. The third-order valence-electron chi connectivity index (χ3n) is 2.20. The summed E-state index contributed by atoms with van der Waals surface area (Å²) in [6, 6.07) is 2.42. The molecule has 3 nitrogen and oxygen atoms in total. The molecule has 118 valence electrons. The van der Waals surface area contributed by atoms with Gasteiger partial charge in [0.25, 0.3) is 0 Å². The highest BCUT2D eigenvalue weighted by atomic mass is 32.2. The largest absolute Gasteiger partial charge is 0.480 e. The average Bonchev–Trinajstić information content (AvgIpc) is 2.27. The zero-order valence-electron chi connectivity index (χ0n) is 10.1. The van der Waals surface area contributed by atoms with Gasteiger partial charge in [0.2, 0.25) is 0 Å². The van der Waals surface area contributed by atoms with Crippen molar-refractivity contribution in [1.82, 2.24) is 5.32 Å². The SMILES string of the molecule is O=C(O)C(NCC(F)(F)F)c1ccc(SC(F)(F)F)cc1. The smallest absolute Gasteiger partial charge is 0.446 e. The maximum absolute atomic E-state index is 12.1. The molecule has 0 aromatic heterocycles. The number of hydrogen-bond donors (Lipinski definition) is 2. The predicted octanol–water partition coefficient (Wildman–Crippen LogP) is 3.58. The Morgan fingerprint density at radius 3 is 2.05 bits per heavy atom. The van der Waals surface area contributed by atoms with Gasteiger partial charge in [0.15, 0.2) is 0 Å². The van der Waals surface area contributed by atoms with Gasteiger partial charge in [-0.25, -0.2) is 0 Å². The van der Waals surface area contributed by atoms with Crippen LogP contribution in [-0.2, 0) is 4.79 Å². The second-order valence-electron chi connectivity index (χ2n) is 3.88. The third-order valence-corrected chi connectivity index (χ3v) is 2.94. The Morgan fingerprint density at radius 1 is 1.14 bits per heavy atom. The molecule has 0 aliphatic heterocycles. The van der Waals surface area contributed by atoms with Gasteiger partial charge in [-0.15, -0.1) is 0 Å². The van der Waals surface area contributed by atoms with E-state index in [1.165, 1.54) is 0 Å². The number of carbonyl (C=O) groups is 1. The van der Waals surface area contributed by atoms with Gasteiger partial charge in [-0.1, -0.05) is 12.1 Å². The molecular formula is C11H9F6NO2S. The first kappa shape index (κ1) is 17.6. The second-order valence-corrected chi connectivity index (χ2v) is 5.02. The summed E-state index contributed by atoms with van der Waals surface area (Å²) in [4.78, 5) is 10.7. The minimum absolute atomic E-state index is 0.0710. The summed E-state index contributed by atoms with van der Waals surface area (Å²) >= 11 is -0.401. The summed E-state index contributed by atoms with van der Waals surface area (Å²) < 4.78 is 72.5. The minimum atomic E-state index is -4.60. The number of aliphatic carboxylic acids is 1. The number of rotatable bonds is 5. The van der Waals surface area contributed by atoms with E-state index in [9.17, 15) is 31.1 Å². The van der Waals surface area contributed by atoms with E-state index >= 15 is 0 Å². The van der Waals surface area contributed by atoms with E-state index in [1.54, 1.807) is 5.32 Å². The van der Waals surface area contributed by atoms with Gasteiger partial charge >= 0.3 is 17.7 Å². The number of carboxylic acids is 1. The highest BCUT2D eigenvalue weighted by Crippen LogP contribution is 2.37. The Labute approximate surface area is 119 Å². The lowest BCUT2D eigenvalue weighted by atomic mass is 10.1. The lowest BCUT2D eigenvalue weighted by Crippen LogP contribution is -2.36. The maximum Gasteiger partial charge on any atom is 0.446 e. The molecular weight excluding hydrogens is 324 g/mol. The topological polar surface area (TPSA) is 49.3 Å². The molecule has 0 aliphatic carbocycles. The summed E-state index contributed by atoms with van der Waals surface area (Å²) in [5.41, 5.74) is -4.57. The zero-order valence-corrected chi connectivity index (χ0v) is 10.9. The van der Waals surface area contributed by atoms with Gasteiger partial charge in [-0.2, -0.15) is 26.3 Å². The number of benzene rings is 1. The summed E-state index contributed by atoms with van der Waals surface area (Å²) in [7, 11) is 0. The first-order valence-corrected chi connectivity index (χ1v) is 6.18. The van der Waals surface area contributed by atoms with Gasteiger partial charge in [-0.3, -0.25) is 10.1 Å². The molecule has 1 unspecified atom stereocenters. The van der Waals surface area contributed by atoms with Crippen molar-refractivity contribution in [1.29, 1.82) is 0 Å². The van der Waals surface area contributed by atoms with Crippen LogP contribution in [0.5, 0.6) is 0 Å². The average molecular weight is 333 g/mol. The predicted molar refractivity (Wildman–Crippen MR) is 62.8 cm³/mol. The molecule has 0 spiro atoms.